The van der Waals surface area contributed by atoms with E-state index >= 15 is 0 Å². The third-order valence-corrected chi connectivity index (χ3v) is 2.08. The van der Waals surface area contributed by atoms with Gasteiger partial charge >= 0.3 is 0 Å². The molecule has 83 valence electrons. The molecule has 0 aromatic heterocycles. The van der Waals surface area contributed by atoms with Crippen molar-refractivity contribution in [1.82, 2.24) is 5.32 Å². The van der Waals surface area contributed by atoms with Crippen LogP contribution in [0.3, 0.4) is 0 Å². The summed E-state index contributed by atoms with van der Waals surface area (Å²) < 4.78 is 0. The molecule has 2 nitrogen and oxygen atoms in total. The minimum atomic E-state index is 0.169. The summed E-state index contributed by atoms with van der Waals surface area (Å²) in [6.07, 6.45) is 4.59. The number of unbranched alkanes of at least 4 members (excludes halogenated alkanes) is 1. The van der Waals surface area contributed by atoms with Crippen molar-refractivity contribution in [2.75, 3.05) is 6.54 Å². The van der Waals surface area contributed by atoms with E-state index in [1.54, 1.807) is 0 Å². The first kappa shape index (κ1) is 13.5. The van der Waals surface area contributed by atoms with Crippen LogP contribution in [-0.2, 0) is 4.79 Å². The van der Waals surface area contributed by atoms with E-state index in [-0.39, 0.29) is 5.91 Å². The van der Waals surface area contributed by atoms with Crippen molar-refractivity contribution in [3.8, 4) is 0 Å². The first-order valence-electron chi connectivity index (χ1n) is 5.51. The Balaban J connectivity index is 3.32. The lowest BCUT2D eigenvalue weighted by atomic mass is 9.91. The van der Waals surface area contributed by atoms with Crippen LogP contribution in [0.25, 0.3) is 0 Å². The molecule has 0 aliphatic carbocycles. The van der Waals surface area contributed by atoms with E-state index in [2.05, 4.69) is 33.0 Å². The molecule has 14 heavy (non-hydrogen) atoms. The molecule has 1 amide bonds. The molecule has 0 aromatic rings. The van der Waals surface area contributed by atoms with Crippen molar-refractivity contribution < 1.29 is 4.79 Å². The second-order valence-electron chi connectivity index (χ2n) is 4.97. The summed E-state index contributed by atoms with van der Waals surface area (Å²) in [6.45, 7) is 11.2. The highest BCUT2D eigenvalue weighted by Crippen LogP contribution is 2.19. The fourth-order valence-electron chi connectivity index (χ4n) is 1.22. The lowest BCUT2D eigenvalue weighted by Gasteiger charge is -2.17. The molecule has 0 heterocycles. The van der Waals surface area contributed by atoms with E-state index in [0.29, 0.717) is 11.8 Å². The summed E-state index contributed by atoms with van der Waals surface area (Å²) in [5, 5.41) is 2.92. The molecule has 0 rings (SSSR count). The van der Waals surface area contributed by atoms with E-state index in [1.807, 2.05) is 0 Å². The zero-order valence-electron chi connectivity index (χ0n) is 9.86. The zero-order chi connectivity index (χ0) is 11.0. The lowest BCUT2D eigenvalue weighted by molar-refractivity contribution is -0.121. The van der Waals surface area contributed by atoms with Gasteiger partial charge in [0.2, 0.25) is 5.91 Å². The molecular weight excluding hydrogens is 174 g/mol. The summed E-state index contributed by atoms with van der Waals surface area (Å²) in [7, 11) is 0. The van der Waals surface area contributed by atoms with Crippen LogP contribution in [-0.4, -0.2) is 12.5 Å². The molecule has 0 aliphatic rings. The average molecular weight is 198 g/mol. The smallest absolute Gasteiger partial charge is 0.219 e. The quantitative estimate of drug-likeness (QED) is 0.653. The number of amides is 1. The van der Waals surface area contributed by atoms with E-state index in [0.717, 1.165) is 32.2 Å². The minimum absolute atomic E-state index is 0.169. The molecule has 0 unspecified atom stereocenters. The van der Waals surface area contributed by atoms with Gasteiger partial charge in [0.05, 0.1) is 0 Å². The topological polar surface area (TPSA) is 29.1 Å². The van der Waals surface area contributed by atoms with E-state index in [4.69, 9.17) is 0 Å². The van der Waals surface area contributed by atoms with Crippen molar-refractivity contribution in [1.29, 1.82) is 0 Å². The Hall–Kier alpha value is -0.530. The molecule has 0 saturated heterocycles. The highest BCUT2D eigenvalue weighted by molar-refractivity contribution is 5.75. The Bertz CT molecular complexity index is 158. The van der Waals surface area contributed by atoms with E-state index < -0.39 is 0 Å². The van der Waals surface area contributed by atoms with Crippen LogP contribution >= 0.6 is 0 Å². The molecule has 2 heteroatoms. The molecular formula is C12H24NO. The maximum atomic E-state index is 11.2. The van der Waals surface area contributed by atoms with Crippen molar-refractivity contribution >= 4 is 5.91 Å². The van der Waals surface area contributed by atoms with Gasteiger partial charge in [0.1, 0.15) is 0 Å². The SMILES string of the molecule is [CH2]CCCC(=O)NCCCC(C)(C)C. The maximum Gasteiger partial charge on any atom is 0.219 e. The Labute approximate surface area is 88.5 Å². The van der Waals surface area contributed by atoms with Gasteiger partial charge in [-0.15, -0.1) is 0 Å². The molecule has 0 spiro atoms. The van der Waals surface area contributed by atoms with Crippen molar-refractivity contribution in [2.45, 2.75) is 52.9 Å². The third kappa shape index (κ3) is 9.56. The first-order chi connectivity index (χ1) is 6.45. The standard InChI is InChI=1S/C12H24NO/c1-5-6-8-11(14)13-10-7-9-12(2,3)4/h1,5-10H2,2-4H3,(H,13,14). The zero-order valence-corrected chi connectivity index (χ0v) is 9.86. The Morgan fingerprint density at radius 3 is 2.43 bits per heavy atom. The van der Waals surface area contributed by atoms with Gasteiger partial charge in [0.15, 0.2) is 0 Å². The monoisotopic (exact) mass is 198 g/mol. The van der Waals surface area contributed by atoms with Crippen LogP contribution in [0.4, 0.5) is 0 Å². The maximum absolute atomic E-state index is 11.2. The second-order valence-corrected chi connectivity index (χ2v) is 4.97. The average Bonchev–Trinajstić information content (AvgIpc) is 2.07. The Morgan fingerprint density at radius 2 is 1.93 bits per heavy atom. The number of carbonyl (C=O) groups is 1. The number of hydrogen-bond donors (Lipinski definition) is 1. The van der Waals surface area contributed by atoms with Crippen molar-refractivity contribution in [2.24, 2.45) is 5.41 Å². The number of carbonyl (C=O) groups excluding carboxylic acids is 1. The van der Waals surface area contributed by atoms with Gasteiger partial charge < -0.3 is 5.32 Å². The largest absolute Gasteiger partial charge is 0.356 e. The highest BCUT2D eigenvalue weighted by Gasteiger charge is 2.09. The molecule has 0 aliphatic heterocycles. The third-order valence-electron chi connectivity index (χ3n) is 2.08. The van der Waals surface area contributed by atoms with Crippen molar-refractivity contribution in [3.63, 3.8) is 0 Å². The van der Waals surface area contributed by atoms with Crippen LogP contribution in [0.1, 0.15) is 52.9 Å². The fraction of sp³-hybridized carbons (Fsp3) is 0.833. The minimum Gasteiger partial charge on any atom is -0.356 e. The van der Waals surface area contributed by atoms with E-state index in [1.165, 1.54) is 0 Å². The van der Waals surface area contributed by atoms with Gasteiger partial charge in [0, 0.05) is 13.0 Å². The summed E-state index contributed by atoms with van der Waals surface area (Å²) >= 11 is 0. The normalized spacial score (nSPS) is 11.4. The van der Waals surface area contributed by atoms with Crippen LogP contribution in [0.2, 0.25) is 0 Å². The van der Waals surface area contributed by atoms with Gasteiger partial charge in [-0.3, -0.25) is 4.79 Å². The Morgan fingerprint density at radius 1 is 1.29 bits per heavy atom. The summed E-state index contributed by atoms with van der Waals surface area (Å²) in [6, 6.07) is 0. The van der Waals surface area contributed by atoms with Crippen LogP contribution < -0.4 is 5.32 Å². The van der Waals surface area contributed by atoms with Crippen LogP contribution in [0, 0.1) is 12.3 Å². The summed E-state index contributed by atoms with van der Waals surface area (Å²) in [4.78, 5) is 11.2. The number of rotatable bonds is 6. The molecule has 1 N–H and O–H groups in total. The molecule has 0 fully saturated rings. The van der Waals surface area contributed by atoms with Gasteiger partial charge in [0.25, 0.3) is 0 Å². The highest BCUT2D eigenvalue weighted by atomic mass is 16.1. The molecule has 0 atom stereocenters. The summed E-state index contributed by atoms with van der Waals surface area (Å²) in [5.74, 6) is 0.169. The lowest BCUT2D eigenvalue weighted by Crippen LogP contribution is -2.24. The van der Waals surface area contributed by atoms with Crippen LogP contribution in [0.15, 0.2) is 0 Å². The second kappa shape index (κ2) is 6.86. The van der Waals surface area contributed by atoms with E-state index in [9.17, 15) is 4.79 Å². The van der Waals surface area contributed by atoms with Gasteiger partial charge in [-0.25, -0.2) is 0 Å². The number of hydrogen-bond acceptors (Lipinski definition) is 1. The molecule has 1 radical (unpaired) electrons. The Kier molecular flexibility index (Phi) is 6.60. The fourth-order valence-corrected chi connectivity index (χ4v) is 1.22. The van der Waals surface area contributed by atoms with Gasteiger partial charge in [-0.05, 0) is 24.7 Å². The molecule has 0 bridgehead atoms. The molecule has 0 aromatic carbocycles. The number of nitrogens with one attached hydrogen (secondary N) is 1. The van der Waals surface area contributed by atoms with Crippen LogP contribution in [0.5, 0.6) is 0 Å². The molecule has 0 saturated carbocycles. The predicted octanol–water partition coefficient (Wildman–Crippen LogP) is 2.93. The van der Waals surface area contributed by atoms with Crippen molar-refractivity contribution in [3.05, 3.63) is 6.92 Å². The predicted molar refractivity (Wildman–Crippen MR) is 60.9 cm³/mol. The van der Waals surface area contributed by atoms with Gasteiger partial charge in [-0.1, -0.05) is 34.1 Å². The summed E-state index contributed by atoms with van der Waals surface area (Å²) in [5.41, 5.74) is 0.373. The first-order valence-corrected chi connectivity index (χ1v) is 5.51. The van der Waals surface area contributed by atoms with Gasteiger partial charge in [-0.2, -0.15) is 0 Å².